The second kappa shape index (κ2) is 4.58. The molecule has 0 radical (unpaired) electrons. The van der Waals surface area contributed by atoms with Gasteiger partial charge in [-0.15, -0.1) is 0 Å². The van der Waals surface area contributed by atoms with Crippen molar-refractivity contribution < 1.29 is 9.21 Å². The zero-order valence-corrected chi connectivity index (χ0v) is 10.4. The molecule has 0 saturated carbocycles. The lowest BCUT2D eigenvalue weighted by Crippen LogP contribution is -2.05. The first kappa shape index (κ1) is 11.6. The summed E-state index contributed by atoms with van der Waals surface area (Å²) in [6, 6.07) is 7.67. The number of ketones is 1. The smallest absolute Gasteiger partial charge is 0.202 e. The van der Waals surface area contributed by atoms with Gasteiger partial charge in [0.15, 0.2) is 5.76 Å². The molecule has 0 aliphatic heterocycles. The maximum Gasteiger partial charge on any atom is 0.202 e. The van der Waals surface area contributed by atoms with E-state index in [1.165, 1.54) is 23.0 Å². The number of carbonyl (C=O) groups is 1. The van der Waals surface area contributed by atoms with Crippen LogP contribution in [-0.4, -0.2) is 5.78 Å². The van der Waals surface area contributed by atoms with Crippen molar-refractivity contribution in [3.63, 3.8) is 0 Å². The van der Waals surface area contributed by atoms with Crippen molar-refractivity contribution in [1.29, 1.82) is 0 Å². The fourth-order valence-corrected chi connectivity index (χ4v) is 2.17. The minimum atomic E-state index is 0.0325. The minimum Gasteiger partial charge on any atom is -0.461 e. The molecule has 0 aliphatic rings. The van der Waals surface area contributed by atoms with Crippen LogP contribution in [-0.2, 0) is 6.42 Å². The minimum absolute atomic E-state index is 0.0325. The molecule has 2 heteroatoms. The summed E-state index contributed by atoms with van der Waals surface area (Å²) in [7, 11) is 0. The molecule has 2 nitrogen and oxygen atoms in total. The molecule has 0 fully saturated rings. The molecule has 0 N–H and O–H groups in total. The van der Waals surface area contributed by atoms with Crippen LogP contribution in [0.25, 0.3) is 0 Å². The Kier molecular flexibility index (Phi) is 3.14. The van der Waals surface area contributed by atoms with Crippen LogP contribution in [0.2, 0.25) is 0 Å². The molecule has 0 atom stereocenters. The molecule has 2 rings (SSSR count). The van der Waals surface area contributed by atoms with Gasteiger partial charge in [0.1, 0.15) is 0 Å². The first-order chi connectivity index (χ1) is 8.08. The van der Waals surface area contributed by atoms with Crippen LogP contribution in [0.1, 0.15) is 32.8 Å². The van der Waals surface area contributed by atoms with Crippen molar-refractivity contribution >= 4 is 5.78 Å². The lowest BCUT2D eigenvalue weighted by Gasteiger charge is -2.09. The van der Waals surface area contributed by atoms with E-state index in [1.54, 1.807) is 12.1 Å². The molecule has 1 aromatic heterocycles. The van der Waals surface area contributed by atoms with Gasteiger partial charge in [0.2, 0.25) is 5.78 Å². The van der Waals surface area contributed by atoms with Gasteiger partial charge in [-0.05, 0) is 49.6 Å². The number of aryl methyl sites for hydroxylation is 3. The molecule has 0 saturated heterocycles. The molecule has 17 heavy (non-hydrogen) atoms. The van der Waals surface area contributed by atoms with Crippen LogP contribution in [0, 0.1) is 20.8 Å². The summed E-state index contributed by atoms with van der Waals surface area (Å²) < 4.78 is 5.12. The van der Waals surface area contributed by atoms with Crippen molar-refractivity contribution in [2.75, 3.05) is 0 Å². The third-order valence-electron chi connectivity index (χ3n) is 2.97. The second-order valence-electron chi connectivity index (χ2n) is 4.45. The topological polar surface area (TPSA) is 30.2 Å². The average Bonchev–Trinajstić information content (AvgIpc) is 2.76. The normalized spacial score (nSPS) is 10.5. The van der Waals surface area contributed by atoms with Gasteiger partial charge in [-0.25, -0.2) is 0 Å². The van der Waals surface area contributed by atoms with E-state index in [4.69, 9.17) is 4.42 Å². The van der Waals surface area contributed by atoms with Crippen molar-refractivity contribution in [2.45, 2.75) is 27.2 Å². The van der Waals surface area contributed by atoms with Crippen LogP contribution >= 0.6 is 0 Å². The predicted molar refractivity (Wildman–Crippen MR) is 67.4 cm³/mol. The molecule has 88 valence electrons. The van der Waals surface area contributed by atoms with Gasteiger partial charge >= 0.3 is 0 Å². The lowest BCUT2D eigenvalue weighted by molar-refractivity contribution is 0.0966. The van der Waals surface area contributed by atoms with Crippen molar-refractivity contribution in [1.82, 2.24) is 0 Å². The van der Waals surface area contributed by atoms with E-state index in [2.05, 4.69) is 19.1 Å². The zero-order valence-electron chi connectivity index (χ0n) is 10.4. The van der Waals surface area contributed by atoms with Gasteiger partial charge in [0.05, 0.1) is 6.26 Å². The van der Waals surface area contributed by atoms with Crippen molar-refractivity contribution in [3.8, 4) is 0 Å². The SMILES string of the molecule is Cc1cc(C)c(CC(=O)c2ccco2)c(C)c1. The second-order valence-corrected chi connectivity index (χ2v) is 4.45. The highest BCUT2D eigenvalue weighted by Crippen LogP contribution is 2.18. The quantitative estimate of drug-likeness (QED) is 0.751. The van der Waals surface area contributed by atoms with E-state index >= 15 is 0 Å². The number of rotatable bonds is 3. The summed E-state index contributed by atoms with van der Waals surface area (Å²) in [5, 5.41) is 0. The number of hydrogen-bond acceptors (Lipinski definition) is 2. The molecule has 0 aliphatic carbocycles. The maximum atomic E-state index is 12.0. The van der Waals surface area contributed by atoms with Crippen molar-refractivity contribution in [2.24, 2.45) is 0 Å². The van der Waals surface area contributed by atoms with E-state index in [-0.39, 0.29) is 5.78 Å². The third kappa shape index (κ3) is 2.47. The Morgan fingerprint density at radius 1 is 1.18 bits per heavy atom. The summed E-state index contributed by atoms with van der Waals surface area (Å²) in [6.45, 7) is 6.16. The Morgan fingerprint density at radius 2 is 1.82 bits per heavy atom. The largest absolute Gasteiger partial charge is 0.461 e. The number of furan rings is 1. The zero-order chi connectivity index (χ0) is 12.4. The molecule has 0 unspecified atom stereocenters. The van der Waals surface area contributed by atoms with Crippen LogP contribution in [0.3, 0.4) is 0 Å². The molecule has 1 aromatic carbocycles. The van der Waals surface area contributed by atoms with E-state index in [9.17, 15) is 4.79 Å². The highest BCUT2D eigenvalue weighted by molar-refractivity contribution is 5.95. The number of hydrogen-bond donors (Lipinski definition) is 0. The first-order valence-electron chi connectivity index (χ1n) is 5.71. The highest BCUT2D eigenvalue weighted by Gasteiger charge is 2.13. The molecule has 0 spiro atoms. The third-order valence-corrected chi connectivity index (χ3v) is 2.97. The standard InChI is InChI=1S/C15H16O2/c1-10-7-11(2)13(12(3)8-10)9-14(16)15-5-4-6-17-15/h4-8H,9H2,1-3H3. The molecule has 2 aromatic rings. The number of benzene rings is 1. The monoisotopic (exact) mass is 228 g/mol. The van der Waals surface area contributed by atoms with E-state index in [0.717, 1.165) is 5.56 Å². The summed E-state index contributed by atoms with van der Waals surface area (Å²) in [4.78, 5) is 12.0. The van der Waals surface area contributed by atoms with Crippen LogP contribution < -0.4 is 0 Å². The van der Waals surface area contributed by atoms with Crippen LogP contribution in [0.4, 0.5) is 0 Å². The van der Waals surface area contributed by atoms with E-state index < -0.39 is 0 Å². The summed E-state index contributed by atoms with van der Waals surface area (Å²) in [6.07, 6.45) is 1.94. The Labute approximate surface area is 101 Å². The Morgan fingerprint density at radius 3 is 2.35 bits per heavy atom. The summed E-state index contributed by atoms with van der Waals surface area (Å²) >= 11 is 0. The van der Waals surface area contributed by atoms with Gasteiger partial charge in [0.25, 0.3) is 0 Å². The first-order valence-corrected chi connectivity index (χ1v) is 5.71. The van der Waals surface area contributed by atoms with Gasteiger partial charge in [-0.1, -0.05) is 17.7 Å². The van der Waals surface area contributed by atoms with Gasteiger partial charge in [-0.3, -0.25) is 4.79 Å². The fraction of sp³-hybridized carbons (Fsp3) is 0.267. The van der Waals surface area contributed by atoms with Gasteiger partial charge < -0.3 is 4.42 Å². The number of carbonyl (C=O) groups excluding carboxylic acids is 1. The average molecular weight is 228 g/mol. The molecule has 0 bridgehead atoms. The van der Waals surface area contributed by atoms with Crippen LogP contribution in [0.5, 0.6) is 0 Å². The van der Waals surface area contributed by atoms with E-state index in [0.29, 0.717) is 12.2 Å². The maximum absolute atomic E-state index is 12.0. The van der Waals surface area contributed by atoms with Crippen LogP contribution in [0.15, 0.2) is 34.9 Å². The predicted octanol–water partition coefficient (Wildman–Crippen LogP) is 3.63. The summed E-state index contributed by atoms with van der Waals surface area (Å²) in [5.41, 5.74) is 4.68. The number of Topliss-reactive ketones (excluding diaryl/α,β-unsaturated/α-hetero) is 1. The Bertz CT molecular complexity index is 513. The highest BCUT2D eigenvalue weighted by atomic mass is 16.3. The molecular formula is C15H16O2. The van der Waals surface area contributed by atoms with Gasteiger partial charge in [0, 0.05) is 6.42 Å². The molecule has 0 amide bonds. The Hall–Kier alpha value is -1.83. The molecule has 1 heterocycles. The Balaban J connectivity index is 2.28. The van der Waals surface area contributed by atoms with E-state index in [1.807, 2.05) is 13.8 Å². The lowest BCUT2D eigenvalue weighted by atomic mass is 9.95. The van der Waals surface area contributed by atoms with Gasteiger partial charge in [-0.2, -0.15) is 0 Å². The van der Waals surface area contributed by atoms with Crippen molar-refractivity contribution in [3.05, 3.63) is 58.5 Å². The molecular weight excluding hydrogens is 212 g/mol. The fourth-order valence-electron chi connectivity index (χ4n) is 2.17. The summed E-state index contributed by atoms with van der Waals surface area (Å²) in [5.74, 6) is 0.467.